The van der Waals surface area contributed by atoms with Gasteiger partial charge < -0.3 is 4.42 Å². The van der Waals surface area contributed by atoms with E-state index in [1.807, 2.05) is 36.4 Å². The Morgan fingerprint density at radius 1 is 0.889 bits per heavy atom. The standard InChI is InChI=1S/C22H16N4O/c1-3-7-14(8-4-1)17-18-21-24-20(16-11-12-16)25-26(21)13-23-22(18)27-19(17)15-9-5-2-6-10-15/h1-10,13,16H,11-12H2. The molecule has 1 aliphatic carbocycles. The van der Waals surface area contributed by atoms with Gasteiger partial charge in [-0.25, -0.2) is 14.5 Å². The average molecular weight is 352 g/mol. The molecule has 0 atom stereocenters. The summed E-state index contributed by atoms with van der Waals surface area (Å²) in [6, 6.07) is 20.4. The lowest BCUT2D eigenvalue weighted by Gasteiger charge is -2.03. The molecule has 0 amide bonds. The fourth-order valence-corrected chi connectivity index (χ4v) is 3.60. The van der Waals surface area contributed by atoms with Crippen LogP contribution in [0.2, 0.25) is 0 Å². The van der Waals surface area contributed by atoms with Crippen molar-refractivity contribution in [1.82, 2.24) is 19.6 Å². The largest absolute Gasteiger partial charge is 0.437 e. The average Bonchev–Trinajstić information content (AvgIpc) is 3.36. The number of nitrogens with zero attached hydrogens (tertiary/aromatic N) is 4. The molecular formula is C22H16N4O. The SMILES string of the molecule is c1ccc(-c2oc3ncn4nc(C5CC5)nc4c3c2-c2ccccc2)cc1. The highest BCUT2D eigenvalue weighted by molar-refractivity contribution is 6.07. The Labute approximate surface area is 155 Å². The van der Waals surface area contributed by atoms with Crippen molar-refractivity contribution in [2.75, 3.05) is 0 Å². The summed E-state index contributed by atoms with van der Waals surface area (Å²) in [6.45, 7) is 0. The molecule has 1 saturated carbocycles. The molecule has 0 N–H and O–H groups in total. The summed E-state index contributed by atoms with van der Waals surface area (Å²) in [5.74, 6) is 2.21. The van der Waals surface area contributed by atoms with Crippen LogP contribution in [0.1, 0.15) is 24.6 Å². The van der Waals surface area contributed by atoms with Crippen molar-refractivity contribution in [3.05, 3.63) is 72.8 Å². The van der Waals surface area contributed by atoms with Crippen LogP contribution in [0.3, 0.4) is 0 Å². The third-order valence-corrected chi connectivity index (χ3v) is 5.09. The summed E-state index contributed by atoms with van der Waals surface area (Å²) in [7, 11) is 0. The van der Waals surface area contributed by atoms with Crippen LogP contribution in [0.15, 0.2) is 71.4 Å². The van der Waals surface area contributed by atoms with Gasteiger partial charge in [0.2, 0.25) is 5.71 Å². The molecule has 5 nitrogen and oxygen atoms in total. The zero-order chi connectivity index (χ0) is 17.8. The van der Waals surface area contributed by atoms with E-state index in [2.05, 4.69) is 34.3 Å². The van der Waals surface area contributed by atoms with E-state index in [4.69, 9.17) is 9.40 Å². The van der Waals surface area contributed by atoms with Crippen LogP contribution in [-0.4, -0.2) is 19.6 Å². The second kappa shape index (κ2) is 5.51. The van der Waals surface area contributed by atoms with Crippen LogP contribution in [0.4, 0.5) is 0 Å². The first kappa shape index (κ1) is 14.7. The van der Waals surface area contributed by atoms with E-state index in [1.54, 1.807) is 10.8 Å². The number of furan rings is 1. The lowest BCUT2D eigenvalue weighted by molar-refractivity contribution is 0.617. The van der Waals surface area contributed by atoms with E-state index >= 15 is 0 Å². The first-order chi connectivity index (χ1) is 13.4. The van der Waals surface area contributed by atoms with Crippen molar-refractivity contribution in [3.63, 3.8) is 0 Å². The maximum Gasteiger partial charge on any atom is 0.232 e. The Kier molecular flexibility index (Phi) is 3.00. The van der Waals surface area contributed by atoms with Crippen molar-refractivity contribution in [3.8, 4) is 22.5 Å². The smallest absolute Gasteiger partial charge is 0.232 e. The van der Waals surface area contributed by atoms with Crippen LogP contribution in [-0.2, 0) is 0 Å². The molecule has 1 fully saturated rings. The van der Waals surface area contributed by atoms with Crippen molar-refractivity contribution in [2.24, 2.45) is 0 Å². The second-order valence-corrected chi connectivity index (χ2v) is 6.98. The summed E-state index contributed by atoms with van der Waals surface area (Å²) < 4.78 is 8.03. The summed E-state index contributed by atoms with van der Waals surface area (Å²) in [5.41, 5.74) is 4.53. The molecule has 5 heteroatoms. The minimum atomic E-state index is 0.487. The van der Waals surface area contributed by atoms with Gasteiger partial charge in [0.25, 0.3) is 0 Å². The summed E-state index contributed by atoms with van der Waals surface area (Å²) >= 11 is 0. The van der Waals surface area contributed by atoms with Crippen LogP contribution in [0.25, 0.3) is 39.2 Å². The molecule has 0 spiro atoms. The van der Waals surface area contributed by atoms with Gasteiger partial charge in [-0.15, -0.1) is 5.10 Å². The molecule has 0 aliphatic heterocycles. The highest BCUT2D eigenvalue weighted by Crippen LogP contribution is 2.43. The zero-order valence-corrected chi connectivity index (χ0v) is 14.5. The minimum absolute atomic E-state index is 0.487. The molecule has 0 unspecified atom stereocenters. The van der Waals surface area contributed by atoms with Gasteiger partial charge >= 0.3 is 0 Å². The van der Waals surface area contributed by atoms with Crippen molar-refractivity contribution in [1.29, 1.82) is 0 Å². The van der Waals surface area contributed by atoms with E-state index < -0.39 is 0 Å². The van der Waals surface area contributed by atoms with Crippen molar-refractivity contribution < 1.29 is 4.42 Å². The van der Waals surface area contributed by atoms with E-state index in [0.29, 0.717) is 11.6 Å². The molecule has 0 bridgehead atoms. The molecule has 0 saturated heterocycles. The predicted molar refractivity (Wildman–Crippen MR) is 103 cm³/mol. The van der Waals surface area contributed by atoms with E-state index in [9.17, 15) is 0 Å². The van der Waals surface area contributed by atoms with Gasteiger partial charge in [-0.3, -0.25) is 0 Å². The monoisotopic (exact) mass is 352 g/mol. The Morgan fingerprint density at radius 3 is 2.30 bits per heavy atom. The van der Waals surface area contributed by atoms with E-state index in [1.165, 1.54) is 12.8 Å². The van der Waals surface area contributed by atoms with Gasteiger partial charge in [-0.2, -0.15) is 0 Å². The molecular weight excluding hydrogens is 336 g/mol. The molecule has 2 aromatic carbocycles. The predicted octanol–water partition coefficient (Wildman–Crippen LogP) is 5.08. The number of fused-ring (bicyclic) bond motifs is 3. The van der Waals surface area contributed by atoms with Crippen LogP contribution >= 0.6 is 0 Å². The number of rotatable bonds is 3. The summed E-state index contributed by atoms with van der Waals surface area (Å²) in [6.07, 6.45) is 4.03. The molecule has 3 aromatic heterocycles. The Hall–Kier alpha value is -3.47. The summed E-state index contributed by atoms with van der Waals surface area (Å²) in [4.78, 5) is 9.38. The lowest BCUT2D eigenvalue weighted by atomic mass is 9.99. The zero-order valence-electron chi connectivity index (χ0n) is 14.5. The number of benzene rings is 2. The van der Waals surface area contributed by atoms with Gasteiger partial charge in [-0.1, -0.05) is 60.7 Å². The molecule has 5 aromatic rings. The molecule has 130 valence electrons. The Balaban J connectivity index is 1.73. The quantitative estimate of drug-likeness (QED) is 0.454. The van der Waals surface area contributed by atoms with Crippen molar-refractivity contribution >= 4 is 16.7 Å². The maximum atomic E-state index is 6.24. The van der Waals surface area contributed by atoms with Crippen LogP contribution in [0.5, 0.6) is 0 Å². The van der Waals surface area contributed by atoms with E-state index in [0.717, 1.165) is 39.3 Å². The Bertz CT molecular complexity index is 1270. The molecule has 0 radical (unpaired) electrons. The maximum absolute atomic E-state index is 6.24. The number of hydrogen-bond donors (Lipinski definition) is 0. The second-order valence-electron chi connectivity index (χ2n) is 6.98. The van der Waals surface area contributed by atoms with Gasteiger partial charge in [-0.05, 0) is 18.4 Å². The lowest BCUT2D eigenvalue weighted by Crippen LogP contribution is -1.90. The fourth-order valence-electron chi connectivity index (χ4n) is 3.60. The van der Waals surface area contributed by atoms with Gasteiger partial charge in [0.15, 0.2) is 11.5 Å². The van der Waals surface area contributed by atoms with Crippen molar-refractivity contribution in [2.45, 2.75) is 18.8 Å². The number of hydrogen-bond acceptors (Lipinski definition) is 4. The third kappa shape index (κ3) is 2.28. The minimum Gasteiger partial charge on any atom is -0.437 e. The van der Waals surface area contributed by atoms with Crippen LogP contribution < -0.4 is 0 Å². The van der Waals surface area contributed by atoms with Crippen LogP contribution in [0, 0.1) is 0 Å². The fraction of sp³-hybridized carbons (Fsp3) is 0.136. The van der Waals surface area contributed by atoms with Gasteiger partial charge in [0.1, 0.15) is 12.1 Å². The Morgan fingerprint density at radius 2 is 1.59 bits per heavy atom. The highest BCUT2D eigenvalue weighted by atomic mass is 16.3. The molecule has 3 heterocycles. The molecule has 1 aliphatic rings. The third-order valence-electron chi connectivity index (χ3n) is 5.09. The first-order valence-corrected chi connectivity index (χ1v) is 9.17. The molecule has 27 heavy (non-hydrogen) atoms. The van der Waals surface area contributed by atoms with E-state index in [-0.39, 0.29) is 0 Å². The molecule has 6 rings (SSSR count). The summed E-state index contributed by atoms with van der Waals surface area (Å²) in [5, 5.41) is 5.56. The van der Waals surface area contributed by atoms with Gasteiger partial charge in [0.05, 0.1) is 5.39 Å². The normalized spacial score (nSPS) is 14.2. The topological polar surface area (TPSA) is 56.2 Å². The highest BCUT2D eigenvalue weighted by Gasteiger charge is 2.29. The number of aromatic nitrogens is 4. The van der Waals surface area contributed by atoms with Gasteiger partial charge in [0, 0.05) is 17.0 Å². The first-order valence-electron chi connectivity index (χ1n) is 9.17.